The third kappa shape index (κ3) is 2.51. The highest BCUT2D eigenvalue weighted by atomic mass is 16.7. The van der Waals surface area contributed by atoms with Crippen molar-refractivity contribution in [3.63, 3.8) is 0 Å². The molecule has 1 aliphatic carbocycles. The maximum absolute atomic E-state index is 6.13. The van der Waals surface area contributed by atoms with E-state index in [-0.39, 0.29) is 18.3 Å². The number of hydrogen-bond acceptors (Lipinski definition) is 4. The Morgan fingerprint density at radius 1 is 1.08 bits per heavy atom. The quantitative estimate of drug-likeness (QED) is 0.837. The van der Waals surface area contributed by atoms with Crippen molar-refractivity contribution in [1.29, 1.82) is 0 Å². The lowest BCUT2D eigenvalue weighted by molar-refractivity contribution is 0.00578. The Morgan fingerprint density at radius 2 is 1.77 bits per heavy atom. The Morgan fingerprint density at radius 3 is 2.38 bits per heavy atom. The molecule has 3 aliphatic rings. The Balaban J connectivity index is 1.33. The lowest BCUT2D eigenvalue weighted by Crippen LogP contribution is -2.41. The molecule has 2 N–H and O–H groups in total. The largest absolute Gasteiger partial charge is 0.494 e. The summed E-state index contributed by atoms with van der Waals surface area (Å²) < 4.78 is 12.3. The van der Waals surface area contributed by atoms with Crippen molar-refractivity contribution in [2.75, 3.05) is 0 Å². The Labute approximate surface area is 154 Å². The molecule has 6 heteroatoms. The summed E-state index contributed by atoms with van der Waals surface area (Å²) in [4.78, 5) is 8.04. The van der Waals surface area contributed by atoms with Gasteiger partial charge in [-0.2, -0.15) is 0 Å². The van der Waals surface area contributed by atoms with Crippen LogP contribution in [0.15, 0.2) is 42.2 Å². The first-order valence-electron chi connectivity index (χ1n) is 9.31. The van der Waals surface area contributed by atoms with E-state index in [2.05, 4.69) is 73.3 Å². The molecule has 2 atom stereocenters. The van der Waals surface area contributed by atoms with Gasteiger partial charge in [0.1, 0.15) is 5.82 Å². The molecule has 5 rings (SSSR count). The number of hydrogen-bond donors (Lipinski definition) is 2. The summed E-state index contributed by atoms with van der Waals surface area (Å²) in [5, 5.41) is 3.50. The molecular formula is C20H24BN3O2. The van der Waals surface area contributed by atoms with Crippen molar-refractivity contribution in [2.24, 2.45) is 5.92 Å². The van der Waals surface area contributed by atoms with Crippen LogP contribution in [0.3, 0.4) is 0 Å². The van der Waals surface area contributed by atoms with Gasteiger partial charge in [-0.1, -0.05) is 30.3 Å². The third-order valence-electron chi connectivity index (χ3n) is 6.17. The van der Waals surface area contributed by atoms with Crippen molar-refractivity contribution in [3.8, 4) is 11.3 Å². The number of nitrogens with zero attached hydrogens (tertiary/aromatic N) is 1. The van der Waals surface area contributed by atoms with E-state index in [0.29, 0.717) is 12.0 Å². The molecule has 0 bridgehead atoms. The monoisotopic (exact) mass is 349 g/mol. The van der Waals surface area contributed by atoms with Crippen LogP contribution in [0.2, 0.25) is 0 Å². The average molecular weight is 349 g/mol. The SMILES string of the molecule is CC1(C)OB(c2ccc(-c3cnc([C@@H]4CC5C=C5N4)[nH]3)cc2)OC1(C)C. The predicted molar refractivity (Wildman–Crippen MR) is 102 cm³/mol. The average Bonchev–Trinajstić information content (AvgIpc) is 2.98. The van der Waals surface area contributed by atoms with Crippen molar-refractivity contribution in [3.05, 3.63) is 48.1 Å². The number of imidazole rings is 1. The molecule has 26 heavy (non-hydrogen) atoms. The number of benzene rings is 1. The van der Waals surface area contributed by atoms with E-state index >= 15 is 0 Å². The van der Waals surface area contributed by atoms with Gasteiger partial charge in [0.05, 0.1) is 29.1 Å². The topological polar surface area (TPSA) is 59.2 Å². The fraction of sp³-hybridized carbons (Fsp3) is 0.450. The van der Waals surface area contributed by atoms with Gasteiger partial charge in [0.2, 0.25) is 0 Å². The van der Waals surface area contributed by atoms with Crippen LogP contribution in [0.4, 0.5) is 0 Å². The molecule has 3 heterocycles. The first kappa shape index (κ1) is 16.2. The molecule has 134 valence electrons. The van der Waals surface area contributed by atoms with Gasteiger partial charge >= 0.3 is 7.12 Å². The highest BCUT2D eigenvalue weighted by Crippen LogP contribution is 2.43. The van der Waals surface area contributed by atoms with Gasteiger partial charge in [-0.15, -0.1) is 0 Å². The van der Waals surface area contributed by atoms with Gasteiger partial charge in [-0.3, -0.25) is 0 Å². The third-order valence-corrected chi connectivity index (χ3v) is 6.17. The minimum absolute atomic E-state index is 0.317. The minimum atomic E-state index is -0.325. The fourth-order valence-electron chi connectivity index (χ4n) is 3.67. The summed E-state index contributed by atoms with van der Waals surface area (Å²) in [7, 11) is -0.325. The number of aromatic amines is 1. The zero-order valence-electron chi connectivity index (χ0n) is 15.7. The smallest absolute Gasteiger partial charge is 0.399 e. The Hall–Kier alpha value is -2.05. The van der Waals surface area contributed by atoms with Crippen LogP contribution in [-0.4, -0.2) is 28.3 Å². The number of rotatable bonds is 3. The first-order valence-corrected chi connectivity index (χ1v) is 9.31. The van der Waals surface area contributed by atoms with Crippen LogP contribution < -0.4 is 10.8 Å². The predicted octanol–water partition coefficient (Wildman–Crippen LogP) is 2.92. The second-order valence-electron chi connectivity index (χ2n) is 8.55. The molecule has 0 spiro atoms. The van der Waals surface area contributed by atoms with Crippen molar-refractivity contribution in [1.82, 2.24) is 15.3 Å². The molecule has 0 amide bonds. The van der Waals surface area contributed by atoms with E-state index in [4.69, 9.17) is 9.31 Å². The number of fused-ring (bicyclic) bond motifs is 1. The van der Waals surface area contributed by atoms with Crippen LogP contribution in [0.1, 0.15) is 46.0 Å². The summed E-state index contributed by atoms with van der Waals surface area (Å²) in [5.41, 5.74) is 3.93. The fourth-order valence-corrected chi connectivity index (χ4v) is 3.67. The van der Waals surface area contributed by atoms with Crippen molar-refractivity contribution < 1.29 is 9.31 Å². The summed E-state index contributed by atoms with van der Waals surface area (Å²) in [6.07, 6.45) is 5.30. The van der Waals surface area contributed by atoms with Crippen LogP contribution in [0, 0.1) is 5.92 Å². The Kier molecular flexibility index (Phi) is 3.25. The Bertz CT molecular complexity index is 869. The molecule has 1 unspecified atom stereocenters. The van der Waals surface area contributed by atoms with E-state index < -0.39 is 0 Å². The molecule has 5 nitrogen and oxygen atoms in total. The second-order valence-corrected chi connectivity index (χ2v) is 8.55. The first-order chi connectivity index (χ1) is 12.3. The maximum atomic E-state index is 6.13. The van der Waals surface area contributed by atoms with E-state index in [1.807, 2.05) is 6.20 Å². The van der Waals surface area contributed by atoms with Gasteiger partial charge in [-0.25, -0.2) is 4.98 Å². The molecule has 2 saturated heterocycles. The number of nitrogens with one attached hydrogen (secondary N) is 2. The molecule has 0 radical (unpaired) electrons. The molecule has 1 aromatic heterocycles. The molecule has 2 aliphatic heterocycles. The molecule has 2 fully saturated rings. The zero-order chi connectivity index (χ0) is 18.1. The van der Waals surface area contributed by atoms with Gasteiger partial charge in [0.25, 0.3) is 0 Å². The minimum Gasteiger partial charge on any atom is -0.399 e. The summed E-state index contributed by atoms with van der Waals surface area (Å²) in [5.74, 6) is 1.68. The van der Waals surface area contributed by atoms with Crippen LogP contribution >= 0.6 is 0 Å². The molecule has 0 saturated carbocycles. The van der Waals surface area contributed by atoms with Gasteiger partial charge < -0.3 is 19.6 Å². The molecular weight excluding hydrogens is 325 g/mol. The molecule has 2 aromatic rings. The second kappa shape index (κ2) is 5.24. The number of allylic oxidation sites excluding steroid dienone is 2. The summed E-state index contributed by atoms with van der Waals surface area (Å²) in [6, 6.07) is 8.66. The number of aromatic nitrogens is 2. The normalized spacial score (nSPS) is 27.8. The zero-order valence-corrected chi connectivity index (χ0v) is 15.7. The van der Waals surface area contributed by atoms with Crippen molar-refractivity contribution in [2.45, 2.75) is 51.4 Å². The van der Waals surface area contributed by atoms with E-state index in [9.17, 15) is 0 Å². The van der Waals surface area contributed by atoms with Crippen LogP contribution in [-0.2, 0) is 9.31 Å². The summed E-state index contributed by atoms with van der Waals surface area (Å²) >= 11 is 0. The van der Waals surface area contributed by atoms with Gasteiger partial charge in [0.15, 0.2) is 0 Å². The van der Waals surface area contributed by atoms with Crippen LogP contribution in [0.5, 0.6) is 0 Å². The standard InChI is InChI=1S/C20H24BN3O2/c1-19(2)20(3,4)26-21(25-19)14-7-5-12(6-8-14)17-11-22-18(24-17)16-10-13-9-15(13)23-16/h5-9,11,13,16,23H,10H2,1-4H3,(H,22,24)/t13?,16-/m0/s1. The maximum Gasteiger partial charge on any atom is 0.494 e. The van der Waals surface area contributed by atoms with E-state index in [1.54, 1.807) is 0 Å². The lowest BCUT2D eigenvalue weighted by Gasteiger charge is -2.32. The highest BCUT2D eigenvalue weighted by Gasteiger charge is 2.51. The van der Waals surface area contributed by atoms with Gasteiger partial charge in [-0.05, 0) is 45.1 Å². The van der Waals surface area contributed by atoms with Crippen LogP contribution in [0.25, 0.3) is 11.3 Å². The highest BCUT2D eigenvalue weighted by molar-refractivity contribution is 6.62. The molecule has 1 aromatic carbocycles. The lowest BCUT2D eigenvalue weighted by atomic mass is 9.79. The summed E-state index contributed by atoms with van der Waals surface area (Å²) in [6.45, 7) is 8.30. The van der Waals surface area contributed by atoms with Crippen molar-refractivity contribution >= 4 is 12.6 Å². The number of H-pyrrole nitrogens is 1. The van der Waals surface area contributed by atoms with E-state index in [0.717, 1.165) is 29.0 Å². The van der Waals surface area contributed by atoms with Gasteiger partial charge in [0, 0.05) is 11.6 Å². The van der Waals surface area contributed by atoms with E-state index in [1.165, 1.54) is 5.70 Å².